The molecule has 1 N–H and O–H groups in total. The number of nitro benzene ring substituents is 1. The van der Waals surface area contributed by atoms with E-state index in [9.17, 15) is 14.9 Å². The Morgan fingerprint density at radius 3 is 2.50 bits per heavy atom. The van der Waals surface area contributed by atoms with Gasteiger partial charge in [0.2, 0.25) is 0 Å². The first-order valence-corrected chi connectivity index (χ1v) is 10.1. The Morgan fingerprint density at radius 2 is 1.93 bits per heavy atom. The Morgan fingerprint density at radius 1 is 1.25 bits per heavy atom. The van der Waals surface area contributed by atoms with Crippen LogP contribution in [0.3, 0.4) is 0 Å². The summed E-state index contributed by atoms with van der Waals surface area (Å²) in [7, 11) is 1.46. The molecule has 2 atom stereocenters. The van der Waals surface area contributed by atoms with Crippen LogP contribution >= 0.6 is 0 Å². The van der Waals surface area contributed by atoms with Gasteiger partial charge in [-0.2, -0.15) is 0 Å². The molecule has 156 valence electrons. The standard InChI is InChI=1S/C21H32N2O5/c1-14(2)28-20(15(3)12-16-8-6-5-7-9-16)21(24)22-18-13-17(23(25)26)10-11-19(18)27-4/h10-11,13-16,20H,5-9,12H2,1-4H3,(H,22,24)/t15-,20?/m1/s1. The van der Waals surface area contributed by atoms with Crippen LogP contribution in [-0.2, 0) is 9.53 Å². The van der Waals surface area contributed by atoms with Crippen molar-refractivity contribution in [3.8, 4) is 5.75 Å². The molecule has 0 radical (unpaired) electrons. The van der Waals surface area contributed by atoms with E-state index in [1.165, 1.54) is 57.4 Å². The zero-order valence-electron chi connectivity index (χ0n) is 17.3. The number of rotatable bonds is 9. The number of amides is 1. The number of methoxy groups -OCH3 is 1. The number of carbonyl (C=O) groups excluding carboxylic acids is 1. The molecule has 1 aliphatic rings. The first kappa shape index (κ1) is 22.1. The highest BCUT2D eigenvalue weighted by molar-refractivity contribution is 5.96. The van der Waals surface area contributed by atoms with Crippen LogP contribution in [0.2, 0.25) is 0 Å². The fraction of sp³-hybridized carbons (Fsp3) is 0.667. The van der Waals surface area contributed by atoms with E-state index in [0.29, 0.717) is 11.7 Å². The van der Waals surface area contributed by atoms with Crippen LogP contribution in [-0.4, -0.2) is 30.1 Å². The number of hydrogen-bond donors (Lipinski definition) is 1. The number of nitrogens with one attached hydrogen (secondary N) is 1. The monoisotopic (exact) mass is 392 g/mol. The van der Waals surface area contributed by atoms with E-state index in [1.807, 2.05) is 20.8 Å². The molecule has 1 amide bonds. The van der Waals surface area contributed by atoms with Gasteiger partial charge in [0.25, 0.3) is 11.6 Å². The van der Waals surface area contributed by atoms with Gasteiger partial charge >= 0.3 is 0 Å². The second-order valence-electron chi connectivity index (χ2n) is 7.95. The molecule has 1 unspecified atom stereocenters. The number of ether oxygens (including phenoxy) is 2. The molecule has 0 aromatic heterocycles. The van der Waals surface area contributed by atoms with Gasteiger partial charge in [0, 0.05) is 12.1 Å². The smallest absolute Gasteiger partial charge is 0.271 e. The second kappa shape index (κ2) is 10.4. The molecule has 1 saturated carbocycles. The summed E-state index contributed by atoms with van der Waals surface area (Å²) in [6.07, 6.45) is 6.44. The molecule has 1 aromatic carbocycles. The highest BCUT2D eigenvalue weighted by Gasteiger charge is 2.30. The van der Waals surface area contributed by atoms with Crippen molar-refractivity contribution in [1.82, 2.24) is 0 Å². The summed E-state index contributed by atoms with van der Waals surface area (Å²) in [5, 5.41) is 13.9. The lowest BCUT2D eigenvalue weighted by molar-refractivity contribution is -0.384. The molecular weight excluding hydrogens is 360 g/mol. The van der Waals surface area contributed by atoms with Gasteiger partial charge in [0.15, 0.2) is 0 Å². The number of benzene rings is 1. The molecule has 0 bridgehead atoms. The van der Waals surface area contributed by atoms with Gasteiger partial charge in [-0.3, -0.25) is 14.9 Å². The Labute approximate surface area is 166 Å². The summed E-state index contributed by atoms with van der Waals surface area (Å²) < 4.78 is 11.2. The maximum atomic E-state index is 13.0. The Hall–Kier alpha value is -2.15. The van der Waals surface area contributed by atoms with Crippen molar-refractivity contribution >= 4 is 17.3 Å². The SMILES string of the molecule is COc1ccc([N+](=O)[O-])cc1NC(=O)C(OC(C)C)[C@H](C)CC1CCCCC1. The largest absolute Gasteiger partial charge is 0.495 e. The van der Waals surface area contributed by atoms with Gasteiger partial charge in [-0.15, -0.1) is 0 Å². The third-order valence-electron chi connectivity index (χ3n) is 5.28. The third-order valence-corrected chi connectivity index (χ3v) is 5.28. The second-order valence-corrected chi connectivity index (χ2v) is 7.95. The minimum atomic E-state index is -0.620. The van der Waals surface area contributed by atoms with Crippen LogP contribution in [0.25, 0.3) is 0 Å². The lowest BCUT2D eigenvalue weighted by Crippen LogP contribution is -2.38. The van der Waals surface area contributed by atoms with Crippen molar-refractivity contribution < 1.29 is 19.2 Å². The van der Waals surface area contributed by atoms with Crippen molar-refractivity contribution in [2.24, 2.45) is 11.8 Å². The van der Waals surface area contributed by atoms with Crippen molar-refractivity contribution in [1.29, 1.82) is 0 Å². The van der Waals surface area contributed by atoms with E-state index in [0.717, 1.165) is 6.42 Å². The summed E-state index contributed by atoms with van der Waals surface area (Å²) in [6, 6.07) is 4.15. The predicted molar refractivity (Wildman–Crippen MR) is 109 cm³/mol. The van der Waals surface area contributed by atoms with Crippen molar-refractivity contribution in [3.05, 3.63) is 28.3 Å². The van der Waals surface area contributed by atoms with E-state index < -0.39 is 11.0 Å². The molecule has 2 rings (SSSR count). The summed E-state index contributed by atoms with van der Waals surface area (Å²) >= 11 is 0. The number of nitro groups is 1. The molecular formula is C21H32N2O5. The quantitative estimate of drug-likeness (QED) is 0.475. The fourth-order valence-corrected chi connectivity index (χ4v) is 3.93. The van der Waals surface area contributed by atoms with Crippen LogP contribution in [0, 0.1) is 22.0 Å². The van der Waals surface area contributed by atoms with Crippen LogP contribution < -0.4 is 10.1 Å². The van der Waals surface area contributed by atoms with Crippen molar-refractivity contribution in [2.75, 3.05) is 12.4 Å². The molecule has 0 saturated heterocycles. The predicted octanol–water partition coefficient (Wildman–Crippen LogP) is 4.94. The molecule has 1 aliphatic carbocycles. The zero-order chi connectivity index (χ0) is 20.7. The zero-order valence-corrected chi connectivity index (χ0v) is 17.3. The number of nitrogens with zero attached hydrogens (tertiary/aromatic N) is 1. The Kier molecular flexibility index (Phi) is 8.23. The highest BCUT2D eigenvalue weighted by Crippen LogP contribution is 2.33. The molecule has 1 aromatic rings. The maximum Gasteiger partial charge on any atom is 0.271 e. The van der Waals surface area contributed by atoms with Gasteiger partial charge in [-0.25, -0.2) is 0 Å². The van der Waals surface area contributed by atoms with Crippen LogP contribution in [0.4, 0.5) is 11.4 Å². The number of non-ortho nitro benzene ring substituents is 1. The summed E-state index contributed by atoms with van der Waals surface area (Å²) in [5.41, 5.74) is 0.177. The number of hydrogen-bond acceptors (Lipinski definition) is 5. The van der Waals surface area contributed by atoms with E-state index in [4.69, 9.17) is 9.47 Å². The van der Waals surface area contributed by atoms with Gasteiger partial charge in [0.1, 0.15) is 11.9 Å². The minimum absolute atomic E-state index is 0.0511. The third kappa shape index (κ3) is 6.19. The number of carbonyl (C=O) groups is 1. The molecule has 7 heteroatoms. The first-order chi connectivity index (χ1) is 13.3. The van der Waals surface area contributed by atoms with Gasteiger partial charge in [0.05, 0.1) is 23.8 Å². The maximum absolute atomic E-state index is 13.0. The summed E-state index contributed by atoms with van der Waals surface area (Å²) in [6.45, 7) is 5.86. The normalized spacial score (nSPS) is 17.2. The molecule has 0 heterocycles. The van der Waals surface area contributed by atoms with E-state index in [2.05, 4.69) is 5.32 Å². The number of anilines is 1. The van der Waals surface area contributed by atoms with E-state index in [-0.39, 0.29) is 29.3 Å². The average Bonchev–Trinajstić information content (AvgIpc) is 2.66. The van der Waals surface area contributed by atoms with Crippen molar-refractivity contribution in [3.63, 3.8) is 0 Å². The molecule has 0 aliphatic heterocycles. The molecule has 7 nitrogen and oxygen atoms in total. The average molecular weight is 392 g/mol. The molecule has 1 fully saturated rings. The Bertz CT molecular complexity index is 671. The summed E-state index contributed by atoms with van der Waals surface area (Å²) in [5.74, 6) is 0.760. The van der Waals surface area contributed by atoms with E-state index in [1.54, 1.807) is 0 Å². The van der Waals surface area contributed by atoms with E-state index >= 15 is 0 Å². The van der Waals surface area contributed by atoms with Gasteiger partial charge in [-0.05, 0) is 38.2 Å². The highest BCUT2D eigenvalue weighted by atomic mass is 16.6. The van der Waals surface area contributed by atoms with Crippen LogP contribution in [0.1, 0.15) is 59.3 Å². The lowest BCUT2D eigenvalue weighted by Gasteiger charge is -2.30. The van der Waals surface area contributed by atoms with Crippen LogP contribution in [0.15, 0.2) is 18.2 Å². The van der Waals surface area contributed by atoms with Crippen LogP contribution in [0.5, 0.6) is 5.75 Å². The first-order valence-electron chi connectivity index (χ1n) is 10.1. The summed E-state index contributed by atoms with van der Waals surface area (Å²) in [4.78, 5) is 23.6. The minimum Gasteiger partial charge on any atom is -0.495 e. The van der Waals surface area contributed by atoms with Gasteiger partial charge in [-0.1, -0.05) is 39.0 Å². The molecule has 0 spiro atoms. The van der Waals surface area contributed by atoms with Crippen molar-refractivity contribution in [2.45, 2.75) is 71.5 Å². The fourth-order valence-electron chi connectivity index (χ4n) is 3.93. The topological polar surface area (TPSA) is 90.7 Å². The van der Waals surface area contributed by atoms with Gasteiger partial charge < -0.3 is 14.8 Å². The Balaban J connectivity index is 2.15. The molecule has 28 heavy (non-hydrogen) atoms. The lowest BCUT2D eigenvalue weighted by atomic mass is 9.81.